The van der Waals surface area contributed by atoms with E-state index in [0.717, 1.165) is 16.8 Å². The number of cyclic esters (lactones) is 1. The predicted octanol–water partition coefficient (Wildman–Crippen LogP) is 3.86. The minimum atomic E-state index is -0.564. The van der Waals surface area contributed by atoms with Crippen molar-refractivity contribution in [3.63, 3.8) is 0 Å². The van der Waals surface area contributed by atoms with Crippen molar-refractivity contribution in [2.24, 2.45) is 0 Å². The normalized spacial score (nSPS) is 15.5. The van der Waals surface area contributed by atoms with E-state index in [1.54, 1.807) is 12.1 Å². The Morgan fingerprint density at radius 2 is 2.00 bits per heavy atom. The molecule has 2 N–H and O–H groups in total. The maximum absolute atomic E-state index is 14.9. The molecule has 32 heavy (non-hydrogen) atoms. The molecule has 1 unspecified atom stereocenters. The summed E-state index contributed by atoms with van der Waals surface area (Å²) in [6.45, 7) is 4.25. The molecule has 0 saturated carbocycles. The summed E-state index contributed by atoms with van der Waals surface area (Å²) in [4.78, 5) is 24.6. The van der Waals surface area contributed by atoms with E-state index in [-0.39, 0.29) is 19.0 Å². The molecule has 9 heteroatoms. The van der Waals surface area contributed by atoms with Gasteiger partial charge < -0.3 is 19.9 Å². The highest BCUT2D eigenvalue weighted by Gasteiger charge is 2.32. The van der Waals surface area contributed by atoms with Gasteiger partial charge in [0.2, 0.25) is 11.8 Å². The number of anilines is 2. The van der Waals surface area contributed by atoms with Gasteiger partial charge in [-0.05, 0) is 36.2 Å². The quantitative estimate of drug-likeness (QED) is 0.582. The smallest absolute Gasteiger partial charge is 0.414 e. The van der Waals surface area contributed by atoms with Crippen molar-refractivity contribution in [2.75, 3.05) is 23.3 Å². The van der Waals surface area contributed by atoms with Crippen molar-refractivity contribution < 1.29 is 23.2 Å². The number of aryl methyl sites for hydroxylation is 1. The van der Waals surface area contributed by atoms with Crippen LogP contribution in [0.1, 0.15) is 18.2 Å². The summed E-state index contributed by atoms with van der Waals surface area (Å²) in [5, 5.41) is 9.58. The van der Waals surface area contributed by atoms with Crippen molar-refractivity contribution in [3.8, 4) is 11.1 Å². The molecule has 0 aliphatic carbocycles. The van der Waals surface area contributed by atoms with Crippen molar-refractivity contribution in [1.29, 1.82) is 0 Å². The summed E-state index contributed by atoms with van der Waals surface area (Å²) in [6.07, 6.45) is -1.04. The van der Waals surface area contributed by atoms with Crippen molar-refractivity contribution >= 4 is 23.6 Å². The molecule has 2 heterocycles. The number of carbonyl (C=O) groups excluding carboxylic acids is 2. The van der Waals surface area contributed by atoms with Gasteiger partial charge in [0.15, 0.2) is 0 Å². The average molecular weight is 438 g/mol. The first-order chi connectivity index (χ1) is 15.4. The zero-order valence-electron chi connectivity index (χ0n) is 17.7. The number of rotatable bonds is 7. The van der Waals surface area contributed by atoms with E-state index in [2.05, 4.69) is 15.8 Å². The van der Waals surface area contributed by atoms with Crippen LogP contribution in [0.2, 0.25) is 0 Å². The molecule has 0 bridgehead atoms. The van der Waals surface area contributed by atoms with E-state index < -0.39 is 18.0 Å². The van der Waals surface area contributed by atoms with Gasteiger partial charge in [-0.15, -0.1) is 0 Å². The zero-order chi connectivity index (χ0) is 22.7. The molecule has 166 valence electrons. The first kappa shape index (κ1) is 21.4. The Labute approximate surface area is 184 Å². The van der Waals surface area contributed by atoms with Crippen LogP contribution in [-0.2, 0) is 16.1 Å². The standard InChI is InChI=1S/C23H23FN4O4/c1-14-9-22(32-27-14)26-11-16-3-5-17(6-4-16)20-8-7-18(10-21(20)24)28-13-19(31-23(28)30)12-25-15(2)29/h3-10,19,26H,11-13H2,1-2H3,(H,25,29). The average Bonchev–Trinajstić information content (AvgIpc) is 3.36. The number of nitrogens with one attached hydrogen (secondary N) is 2. The molecule has 1 aliphatic heterocycles. The van der Waals surface area contributed by atoms with Crippen LogP contribution in [0.15, 0.2) is 53.1 Å². The number of ether oxygens (including phenoxy) is 1. The van der Waals surface area contributed by atoms with Crippen LogP contribution in [0.5, 0.6) is 0 Å². The van der Waals surface area contributed by atoms with Crippen LogP contribution in [0.4, 0.5) is 20.8 Å². The third kappa shape index (κ3) is 4.88. The number of nitrogens with zero attached hydrogens (tertiary/aromatic N) is 2. The minimum Gasteiger partial charge on any atom is -0.442 e. The van der Waals surface area contributed by atoms with Crippen LogP contribution < -0.4 is 15.5 Å². The fourth-order valence-corrected chi connectivity index (χ4v) is 3.44. The highest BCUT2D eigenvalue weighted by Crippen LogP contribution is 2.29. The highest BCUT2D eigenvalue weighted by atomic mass is 19.1. The van der Waals surface area contributed by atoms with Crippen LogP contribution in [0.25, 0.3) is 11.1 Å². The van der Waals surface area contributed by atoms with Crippen LogP contribution in [0, 0.1) is 12.7 Å². The second-order valence-electron chi connectivity index (χ2n) is 7.60. The van der Waals surface area contributed by atoms with E-state index in [9.17, 15) is 14.0 Å². The van der Waals surface area contributed by atoms with Crippen LogP contribution >= 0.6 is 0 Å². The lowest BCUT2D eigenvalue weighted by atomic mass is 10.0. The zero-order valence-corrected chi connectivity index (χ0v) is 17.7. The van der Waals surface area contributed by atoms with Gasteiger partial charge in [0.05, 0.1) is 24.5 Å². The van der Waals surface area contributed by atoms with E-state index in [0.29, 0.717) is 23.7 Å². The first-order valence-corrected chi connectivity index (χ1v) is 10.2. The second-order valence-corrected chi connectivity index (χ2v) is 7.60. The maximum Gasteiger partial charge on any atom is 0.414 e. The molecular weight excluding hydrogens is 415 g/mol. The third-order valence-electron chi connectivity index (χ3n) is 5.08. The number of amides is 2. The molecule has 1 atom stereocenters. The fraction of sp³-hybridized carbons (Fsp3) is 0.261. The summed E-state index contributed by atoms with van der Waals surface area (Å²) in [5.74, 6) is -0.0543. The number of halogens is 1. The van der Waals surface area contributed by atoms with E-state index in [4.69, 9.17) is 9.26 Å². The number of benzene rings is 2. The molecule has 0 radical (unpaired) electrons. The monoisotopic (exact) mass is 438 g/mol. The second kappa shape index (κ2) is 9.09. The molecule has 2 amide bonds. The molecular formula is C23H23FN4O4. The SMILES string of the molecule is CC(=O)NCC1CN(c2ccc(-c3ccc(CNc4cc(C)no4)cc3)c(F)c2)C(=O)O1. The van der Waals surface area contributed by atoms with E-state index in [1.807, 2.05) is 37.3 Å². The third-order valence-corrected chi connectivity index (χ3v) is 5.08. The molecule has 4 rings (SSSR count). The lowest BCUT2D eigenvalue weighted by molar-refractivity contribution is -0.119. The Kier molecular flexibility index (Phi) is 6.07. The molecule has 1 fully saturated rings. The summed E-state index contributed by atoms with van der Waals surface area (Å²) in [5.41, 5.74) is 3.36. The van der Waals surface area contributed by atoms with Gasteiger partial charge in [0.1, 0.15) is 11.9 Å². The lowest BCUT2D eigenvalue weighted by Crippen LogP contribution is -2.33. The minimum absolute atomic E-state index is 0.204. The highest BCUT2D eigenvalue weighted by molar-refractivity contribution is 5.90. The molecule has 1 aromatic heterocycles. The van der Waals surface area contributed by atoms with E-state index in [1.165, 1.54) is 17.9 Å². The number of hydrogen-bond donors (Lipinski definition) is 2. The largest absolute Gasteiger partial charge is 0.442 e. The lowest BCUT2D eigenvalue weighted by Gasteiger charge is -2.15. The van der Waals surface area contributed by atoms with Crippen molar-refractivity contribution in [2.45, 2.75) is 26.5 Å². The van der Waals surface area contributed by atoms with Crippen molar-refractivity contribution in [1.82, 2.24) is 10.5 Å². The molecule has 3 aromatic rings. The molecule has 2 aromatic carbocycles. The Hall–Kier alpha value is -3.88. The summed E-state index contributed by atoms with van der Waals surface area (Å²) >= 11 is 0. The van der Waals surface area contributed by atoms with Gasteiger partial charge in [-0.25, -0.2) is 9.18 Å². The Bertz CT molecular complexity index is 1130. The van der Waals surface area contributed by atoms with E-state index >= 15 is 0 Å². The van der Waals surface area contributed by atoms with Gasteiger partial charge in [-0.1, -0.05) is 29.4 Å². The Morgan fingerprint density at radius 3 is 2.66 bits per heavy atom. The van der Waals surface area contributed by atoms with Crippen LogP contribution in [0.3, 0.4) is 0 Å². The van der Waals surface area contributed by atoms with Gasteiger partial charge in [-0.3, -0.25) is 9.69 Å². The predicted molar refractivity (Wildman–Crippen MR) is 117 cm³/mol. The molecule has 0 spiro atoms. The summed E-state index contributed by atoms with van der Waals surface area (Å²) in [6, 6.07) is 13.9. The van der Waals surface area contributed by atoms with Crippen LogP contribution in [-0.4, -0.2) is 36.4 Å². The molecule has 1 aliphatic rings. The fourth-order valence-electron chi connectivity index (χ4n) is 3.44. The van der Waals surface area contributed by atoms with Gasteiger partial charge >= 0.3 is 6.09 Å². The first-order valence-electron chi connectivity index (χ1n) is 10.2. The number of carbonyl (C=O) groups is 2. The summed E-state index contributed by atoms with van der Waals surface area (Å²) in [7, 11) is 0. The van der Waals surface area contributed by atoms with Gasteiger partial charge in [0, 0.05) is 25.1 Å². The molecule has 1 saturated heterocycles. The Balaban J connectivity index is 1.41. The number of aromatic nitrogens is 1. The maximum atomic E-state index is 14.9. The topological polar surface area (TPSA) is 96.7 Å². The Morgan fingerprint density at radius 1 is 1.22 bits per heavy atom. The van der Waals surface area contributed by atoms with Gasteiger partial charge in [-0.2, -0.15) is 0 Å². The molecule has 8 nitrogen and oxygen atoms in total. The van der Waals surface area contributed by atoms with Crippen molar-refractivity contribution in [3.05, 3.63) is 65.6 Å². The van der Waals surface area contributed by atoms with Gasteiger partial charge in [0.25, 0.3) is 0 Å². The summed E-state index contributed by atoms with van der Waals surface area (Å²) < 4.78 is 25.2. The number of hydrogen-bond acceptors (Lipinski definition) is 6.